The Morgan fingerprint density at radius 1 is 1.10 bits per heavy atom. The lowest BCUT2D eigenvalue weighted by Gasteiger charge is -2.20. The lowest BCUT2D eigenvalue weighted by molar-refractivity contribution is -0.118. The molecular weight excluding hydrogens is 260 g/mol. The zero-order valence-electron chi connectivity index (χ0n) is 12.1. The van der Waals surface area contributed by atoms with E-state index in [2.05, 4.69) is 25.2 Å². The lowest BCUT2D eigenvalue weighted by Crippen LogP contribution is -2.34. The number of para-hydroxylation sites is 1. The van der Waals surface area contributed by atoms with E-state index >= 15 is 0 Å². The van der Waals surface area contributed by atoms with Crippen molar-refractivity contribution in [2.75, 3.05) is 5.32 Å². The zero-order valence-corrected chi connectivity index (χ0v) is 12.1. The van der Waals surface area contributed by atoms with Gasteiger partial charge in [-0.3, -0.25) is 4.79 Å². The molecule has 0 saturated heterocycles. The average molecular weight is 276 g/mol. The van der Waals surface area contributed by atoms with Crippen molar-refractivity contribution in [2.24, 2.45) is 0 Å². The second-order valence-corrected chi connectivity index (χ2v) is 5.64. The normalized spacial score (nSPS) is 20.0. The molecule has 3 rings (SSSR count). The molecule has 0 aromatic heterocycles. The maximum atomic E-state index is 12.5. The highest BCUT2D eigenvalue weighted by molar-refractivity contribution is 6.10. The standard InChI is InChI=1S/C18H16N2O/c1-12(2)13-7-9-14(10-8-13)18(11-19)15-5-3-4-6-16(15)20-17(18)21/h3-10,12H,1-2H3,(H,20,21)/t18-/m1/s1. The summed E-state index contributed by atoms with van der Waals surface area (Å²) < 4.78 is 0. The number of carbonyl (C=O) groups is 1. The molecule has 0 fully saturated rings. The third-order valence-electron chi connectivity index (χ3n) is 4.10. The third kappa shape index (κ3) is 1.84. The van der Waals surface area contributed by atoms with Crippen LogP contribution in [0.1, 0.15) is 36.5 Å². The maximum Gasteiger partial charge on any atom is 0.254 e. The second kappa shape index (κ2) is 4.75. The Bertz CT molecular complexity index is 741. The second-order valence-electron chi connectivity index (χ2n) is 5.64. The fourth-order valence-corrected chi connectivity index (χ4v) is 2.84. The van der Waals surface area contributed by atoms with E-state index in [0.717, 1.165) is 16.8 Å². The van der Waals surface area contributed by atoms with Crippen LogP contribution in [0.5, 0.6) is 0 Å². The number of nitrogens with one attached hydrogen (secondary N) is 1. The molecule has 1 amide bonds. The summed E-state index contributed by atoms with van der Waals surface area (Å²) in [5.41, 5.74) is 2.12. The van der Waals surface area contributed by atoms with Gasteiger partial charge in [0.2, 0.25) is 0 Å². The van der Waals surface area contributed by atoms with Gasteiger partial charge in [-0.15, -0.1) is 0 Å². The van der Waals surface area contributed by atoms with Crippen LogP contribution < -0.4 is 5.32 Å². The Labute approximate surface area is 124 Å². The summed E-state index contributed by atoms with van der Waals surface area (Å²) in [6.45, 7) is 4.24. The van der Waals surface area contributed by atoms with Crippen LogP contribution in [0, 0.1) is 11.3 Å². The molecule has 3 heteroatoms. The molecule has 1 atom stereocenters. The molecule has 104 valence electrons. The first-order valence-electron chi connectivity index (χ1n) is 7.02. The maximum absolute atomic E-state index is 12.5. The number of carbonyl (C=O) groups excluding carboxylic acids is 1. The Kier molecular flexibility index (Phi) is 3.03. The van der Waals surface area contributed by atoms with Crippen LogP contribution in [-0.4, -0.2) is 5.91 Å². The molecule has 0 saturated carbocycles. The fourth-order valence-electron chi connectivity index (χ4n) is 2.84. The van der Waals surface area contributed by atoms with Crippen molar-refractivity contribution >= 4 is 11.6 Å². The van der Waals surface area contributed by atoms with Gasteiger partial charge in [0.05, 0.1) is 6.07 Å². The van der Waals surface area contributed by atoms with E-state index in [1.807, 2.05) is 48.5 Å². The first-order chi connectivity index (χ1) is 10.1. The van der Waals surface area contributed by atoms with Gasteiger partial charge in [0, 0.05) is 11.3 Å². The van der Waals surface area contributed by atoms with E-state index in [1.54, 1.807) is 0 Å². The molecule has 1 aliphatic heterocycles. The highest BCUT2D eigenvalue weighted by atomic mass is 16.2. The van der Waals surface area contributed by atoms with E-state index in [-0.39, 0.29) is 5.91 Å². The lowest BCUT2D eigenvalue weighted by atomic mass is 9.76. The third-order valence-corrected chi connectivity index (χ3v) is 4.10. The van der Waals surface area contributed by atoms with E-state index in [1.165, 1.54) is 5.56 Å². The van der Waals surface area contributed by atoms with Gasteiger partial charge in [0.1, 0.15) is 0 Å². The smallest absolute Gasteiger partial charge is 0.254 e. The number of rotatable bonds is 2. The minimum absolute atomic E-state index is 0.275. The van der Waals surface area contributed by atoms with Gasteiger partial charge < -0.3 is 5.32 Å². The summed E-state index contributed by atoms with van der Waals surface area (Å²) in [4.78, 5) is 12.5. The van der Waals surface area contributed by atoms with Gasteiger partial charge in [-0.25, -0.2) is 0 Å². The number of fused-ring (bicyclic) bond motifs is 1. The topological polar surface area (TPSA) is 52.9 Å². The summed E-state index contributed by atoms with van der Waals surface area (Å²) in [6, 6.07) is 17.4. The van der Waals surface area contributed by atoms with Crippen LogP contribution in [-0.2, 0) is 10.2 Å². The molecular formula is C18H16N2O. The SMILES string of the molecule is CC(C)c1ccc([C@@]2(C#N)C(=O)Nc3ccccc32)cc1. The van der Waals surface area contributed by atoms with Gasteiger partial charge in [-0.1, -0.05) is 56.3 Å². The van der Waals surface area contributed by atoms with E-state index in [9.17, 15) is 10.1 Å². The summed E-state index contributed by atoms with van der Waals surface area (Å²) >= 11 is 0. The van der Waals surface area contributed by atoms with Crippen molar-refractivity contribution in [1.29, 1.82) is 5.26 Å². The minimum atomic E-state index is -1.24. The Hall–Kier alpha value is -2.60. The monoisotopic (exact) mass is 276 g/mol. The highest BCUT2D eigenvalue weighted by Crippen LogP contribution is 2.42. The van der Waals surface area contributed by atoms with Crippen molar-refractivity contribution < 1.29 is 4.79 Å². The van der Waals surface area contributed by atoms with E-state index in [4.69, 9.17) is 0 Å². The summed E-state index contributed by atoms with van der Waals surface area (Å²) in [5, 5.41) is 12.6. The molecule has 1 aliphatic rings. The molecule has 0 radical (unpaired) electrons. The average Bonchev–Trinajstić information content (AvgIpc) is 2.79. The number of nitrogens with zero attached hydrogens (tertiary/aromatic N) is 1. The first-order valence-corrected chi connectivity index (χ1v) is 7.02. The Balaban J connectivity index is 2.18. The van der Waals surface area contributed by atoms with Gasteiger partial charge in [0.15, 0.2) is 5.41 Å². The number of amides is 1. The van der Waals surface area contributed by atoms with Crippen LogP contribution in [0.3, 0.4) is 0 Å². The number of nitriles is 1. The summed E-state index contributed by atoms with van der Waals surface area (Å²) in [6.07, 6.45) is 0. The number of hydrogen-bond donors (Lipinski definition) is 1. The van der Waals surface area contributed by atoms with Crippen LogP contribution in [0.4, 0.5) is 5.69 Å². The largest absolute Gasteiger partial charge is 0.324 e. The zero-order chi connectivity index (χ0) is 15.0. The fraction of sp³-hybridized carbons (Fsp3) is 0.222. The summed E-state index contributed by atoms with van der Waals surface area (Å²) in [5.74, 6) is 0.144. The first kappa shape index (κ1) is 13.4. The molecule has 3 nitrogen and oxygen atoms in total. The minimum Gasteiger partial charge on any atom is -0.324 e. The number of benzene rings is 2. The van der Waals surface area contributed by atoms with Crippen LogP contribution in [0.2, 0.25) is 0 Å². The van der Waals surface area contributed by atoms with Crippen molar-refractivity contribution in [2.45, 2.75) is 25.2 Å². The molecule has 1 heterocycles. The molecule has 0 spiro atoms. The van der Waals surface area contributed by atoms with Crippen molar-refractivity contribution in [3.05, 3.63) is 65.2 Å². The van der Waals surface area contributed by atoms with Crippen molar-refractivity contribution in [3.63, 3.8) is 0 Å². The van der Waals surface area contributed by atoms with Gasteiger partial charge in [-0.05, 0) is 23.1 Å². The molecule has 2 aromatic rings. The van der Waals surface area contributed by atoms with E-state index in [0.29, 0.717) is 5.92 Å². The number of anilines is 1. The Morgan fingerprint density at radius 2 is 1.76 bits per heavy atom. The van der Waals surface area contributed by atoms with Gasteiger partial charge in [-0.2, -0.15) is 5.26 Å². The molecule has 21 heavy (non-hydrogen) atoms. The Morgan fingerprint density at radius 3 is 2.38 bits per heavy atom. The van der Waals surface area contributed by atoms with Gasteiger partial charge >= 0.3 is 0 Å². The predicted molar refractivity (Wildman–Crippen MR) is 82.0 cm³/mol. The van der Waals surface area contributed by atoms with Crippen LogP contribution in [0.25, 0.3) is 0 Å². The van der Waals surface area contributed by atoms with Crippen LogP contribution >= 0.6 is 0 Å². The predicted octanol–water partition coefficient (Wildman–Crippen LogP) is 3.57. The molecule has 0 aliphatic carbocycles. The highest BCUT2D eigenvalue weighted by Gasteiger charge is 2.48. The van der Waals surface area contributed by atoms with Crippen LogP contribution in [0.15, 0.2) is 48.5 Å². The molecule has 1 N–H and O–H groups in total. The van der Waals surface area contributed by atoms with E-state index < -0.39 is 5.41 Å². The summed E-state index contributed by atoms with van der Waals surface area (Å²) in [7, 11) is 0. The van der Waals surface area contributed by atoms with Crippen molar-refractivity contribution in [1.82, 2.24) is 0 Å². The quantitative estimate of drug-likeness (QED) is 0.911. The number of hydrogen-bond acceptors (Lipinski definition) is 2. The van der Waals surface area contributed by atoms with Crippen molar-refractivity contribution in [3.8, 4) is 6.07 Å². The van der Waals surface area contributed by atoms with Gasteiger partial charge in [0.25, 0.3) is 5.91 Å². The molecule has 0 unspecified atom stereocenters. The molecule has 0 bridgehead atoms. The molecule has 2 aromatic carbocycles.